The lowest BCUT2D eigenvalue weighted by molar-refractivity contribution is 0.311. The molecular formula is C14H20BrN3. The first-order valence-corrected chi connectivity index (χ1v) is 7.14. The predicted molar refractivity (Wildman–Crippen MR) is 79.6 cm³/mol. The average molecular weight is 310 g/mol. The van der Waals surface area contributed by atoms with E-state index in [1.54, 1.807) is 0 Å². The Morgan fingerprint density at radius 2 is 2.11 bits per heavy atom. The van der Waals surface area contributed by atoms with E-state index in [0.29, 0.717) is 0 Å². The van der Waals surface area contributed by atoms with Crippen LogP contribution >= 0.6 is 15.9 Å². The van der Waals surface area contributed by atoms with Gasteiger partial charge in [-0.1, -0.05) is 19.9 Å². The number of hydrogen-bond donors (Lipinski definition) is 2. The first-order chi connectivity index (χ1) is 8.52. The van der Waals surface area contributed by atoms with Gasteiger partial charge >= 0.3 is 0 Å². The average Bonchev–Trinajstić information content (AvgIpc) is 2.71. The normalized spacial score (nSPS) is 12.2. The molecule has 0 aliphatic carbocycles. The second-order valence-electron chi connectivity index (χ2n) is 5.52. The van der Waals surface area contributed by atoms with Crippen LogP contribution in [-0.4, -0.2) is 16.5 Å². The quantitative estimate of drug-likeness (QED) is 0.886. The molecule has 18 heavy (non-hydrogen) atoms. The van der Waals surface area contributed by atoms with Crippen LogP contribution in [0.15, 0.2) is 22.7 Å². The van der Waals surface area contributed by atoms with Gasteiger partial charge in [-0.25, -0.2) is 4.98 Å². The highest BCUT2D eigenvalue weighted by Crippen LogP contribution is 2.27. The minimum absolute atomic E-state index is 0.283. The van der Waals surface area contributed by atoms with Crippen LogP contribution in [0, 0.1) is 5.41 Å². The summed E-state index contributed by atoms with van der Waals surface area (Å²) in [5.74, 6) is 1.06. The largest absolute Gasteiger partial charge is 0.342 e. The van der Waals surface area contributed by atoms with Gasteiger partial charge in [0.2, 0.25) is 0 Å². The number of nitrogens with zero attached hydrogens (tertiary/aromatic N) is 1. The van der Waals surface area contributed by atoms with Crippen molar-refractivity contribution in [3.05, 3.63) is 28.5 Å². The lowest BCUT2D eigenvalue weighted by atomic mass is 9.84. The van der Waals surface area contributed by atoms with Crippen molar-refractivity contribution in [2.75, 3.05) is 6.54 Å². The Hall–Kier alpha value is -0.870. The Morgan fingerprint density at radius 1 is 1.33 bits per heavy atom. The summed E-state index contributed by atoms with van der Waals surface area (Å²) < 4.78 is 1.05. The monoisotopic (exact) mass is 309 g/mol. The molecule has 0 atom stereocenters. The maximum Gasteiger partial charge on any atom is 0.107 e. The highest BCUT2D eigenvalue weighted by atomic mass is 79.9. The van der Waals surface area contributed by atoms with Gasteiger partial charge in [0.25, 0.3) is 0 Å². The van der Waals surface area contributed by atoms with E-state index in [2.05, 4.69) is 45.8 Å². The van der Waals surface area contributed by atoms with Crippen LogP contribution in [0.1, 0.15) is 32.5 Å². The van der Waals surface area contributed by atoms with Crippen LogP contribution in [0.25, 0.3) is 11.0 Å². The minimum Gasteiger partial charge on any atom is -0.342 e. The number of aromatic amines is 1. The van der Waals surface area contributed by atoms with E-state index in [9.17, 15) is 0 Å². The maximum atomic E-state index is 5.64. The fourth-order valence-corrected chi connectivity index (χ4v) is 2.59. The van der Waals surface area contributed by atoms with Crippen molar-refractivity contribution in [1.82, 2.24) is 9.97 Å². The van der Waals surface area contributed by atoms with Gasteiger partial charge in [-0.15, -0.1) is 0 Å². The van der Waals surface area contributed by atoms with Gasteiger partial charge in [0.05, 0.1) is 5.52 Å². The van der Waals surface area contributed by atoms with Crippen LogP contribution < -0.4 is 5.73 Å². The van der Waals surface area contributed by atoms with Crippen molar-refractivity contribution in [3.63, 3.8) is 0 Å². The lowest BCUT2D eigenvalue weighted by Crippen LogP contribution is -2.18. The number of fused-ring (bicyclic) bond motifs is 1. The molecule has 0 saturated heterocycles. The van der Waals surface area contributed by atoms with E-state index in [4.69, 9.17) is 5.73 Å². The Bertz CT molecular complexity index is 531. The molecule has 0 bridgehead atoms. The van der Waals surface area contributed by atoms with Gasteiger partial charge < -0.3 is 10.7 Å². The second-order valence-corrected chi connectivity index (χ2v) is 6.38. The van der Waals surface area contributed by atoms with Gasteiger partial charge in [0, 0.05) is 10.9 Å². The summed E-state index contributed by atoms with van der Waals surface area (Å²) in [6.45, 7) is 5.27. The molecule has 2 aromatic rings. The molecule has 1 aromatic carbocycles. The molecule has 0 amide bonds. The second kappa shape index (κ2) is 5.41. The Labute approximate surface area is 116 Å². The summed E-state index contributed by atoms with van der Waals surface area (Å²) in [5, 5.41) is 0. The summed E-state index contributed by atoms with van der Waals surface area (Å²) in [7, 11) is 0. The third kappa shape index (κ3) is 3.12. The summed E-state index contributed by atoms with van der Waals surface area (Å²) in [6.07, 6.45) is 3.12. The van der Waals surface area contributed by atoms with Crippen LogP contribution in [0.5, 0.6) is 0 Å². The van der Waals surface area contributed by atoms with Crippen molar-refractivity contribution in [3.8, 4) is 0 Å². The summed E-state index contributed by atoms with van der Waals surface area (Å²) in [5.41, 5.74) is 8.03. The molecule has 3 nitrogen and oxygen atoms in total. The number of hydrogen-bond acceptors (Lipinski definition) is 2. The summed E-state index contributed by atoms with van der Waals surface area (Å²) in [6, 6.07) is 6.10. The number of aromatic nitrogens is 2. The number of para-hydroxylation sites is 1. The van der Waals surface area contributed by atoms with Gasteiger partial charge in [0.1, 0.15) is 11.3 Å². The van der Waals surface area contributed by atoms with Crippen LogP contribution in [0.3, 0.4) is 0 Å². The zero-order valence-corrected chi connectivity index (χ0v) is 12.5. The number of rotatable bonds is 5. The van der Waals surface area contributed by atoms with Crippen LogP contribution in [0.4, 0.5) is 0 Å². The Kier molecular flexibility index (Phi) is 4.07. The van der Waals surface area contributed by atoms with Gasteiger partial charge in [-0.2, -0.15) is 0 Å². The van der Waals surface area contributed by atoms with Gasteiger partial charge in [-0.3, -0.25) is 0 Å². The van der Waals surface area contributed by atoms with Crippen molar-refractivity contribution in [2.45, 2.75) is 33.1 Å². The number of nitrogens with one attached hydrogen (secondary N) is 1. The molecule has 1 heterocycles. The molecule has 0 saturated carbocycles. The third-order valence-corrected chi connectivity index (χ3v) is 4.01. The Balaban J connectivity index is 2.11. The van der Waals surface area contributed by atoms with Crippen molar-refractivity contribution in [1.29, 1.82) is 0 Å². The number of benzene rings is 1. The molecule has 2 rings (SSSR count). The van der Waals surface area contributed by atoms with E-state index >= 15 is 0 Å². The summed E-state index contributed by atoms with van der Waals surface area (Å²) >= 11 is 3.53. The van der Waals surface area contributed by atoms with Crippen molar-refractivity contribution >= 4 is 27.0 Å². The highest BCUT2D eigenvalue weighted by Gasteiger charge is 2.17. The number of imidazole rings is 1. The number of H-pyrrole nitrogens is 1. The van der Waals surface area contributed by atoms with Gasteiger partial charge in [0.15, 0.2) is 0 Å². The first-order valence-electron chi connectivity index (χ1n) is 6.35. The van der Waals surface area contributed by atoms with E-state index in [1.807, 2.05) is 12.1 Å². The molecule has 98 valence electrons. The molecule has 3 N–H and O–H groups in total. The van der Waals surface area contributed by atoms with E-state index < -0.39 is 0 Å². The number of halogens is 1. The molecule has 0 unspecified atom stereocenters. The molecule has 0 fully saturated rings. The van der Waals surface area contributed by atoms with E-state index in [1.165, 1.54) is 0 Å². The molecule has 1 aromatic heterocycles. The van der Waals surface area contributed by atoms with E-state index in [-0.39, 0.29) is 5.41 Å². The molecular weight excluding hydrogens is 290 g/mol. The number of nitrogens with two attached hydrogens (primary N) is 1. The Morgan fingerprint density at radius 3 is 2.78 bits per heavy atom. The molecule has 0 radical (unpaired) electrons. The molecule has 0 spiro atoms. The smallest absolute Gasteiger partial charge is 0.107 e. The predicted octanol–water partition coefficient (Wildman–Crippen LogP) is 3.63. The van der Waals surface area contributed by atoms with Crippen LogP contribution in [-0.2, 0) is 6.42 Å². The van der Waals surface area contributed by atoms with Crippen molar-refractivity contribution in [2.24, 2.45) is 11.1 Å². The van der Waals surface area contributed by atoms with Crippen LogP contribution in [0.2, 0.25) is 0 Å². The molecule has 0 aliphatic rings. The molecule has 0 aliphatic heterocycles. The lowest BCUT2D eigenvalue weighted by Gasteiger charge is -2.22. The number of aryl methyl sites for hydroxylation is 1. The SMILES string of the molecule is CC(C)(CCN)CCc1nc2c(Br)cccc2[nH]1. The molecule has 4 heteroatoms. The fourth-order valence-electron chi connectivity index (χ4n) is 2.14. The first kappa shape index (κ1) is 13.6. The zero-order chi connectivity index (χ0) is 13.2. The van der Waals surface area contributed by atoms with Gasteiger partial charge in [-0.05, 0) is 52.9 Å². The minimum atomic E-state index is 0.283. The summed E-state index contributed by atoms with van der Waals surface area (Å²) in [4.78, 5) is 8.02. The standard InChI is InChI=1S/C14H20BrN3/c1-14(2,8-9-16)7-6-12-17-11-5-3-4-10(15)13(11)18-12/h3-5H,6-9,16H2,1-2H3,(H,17,18). The fraction of sp³-hybridized carbons (Fsp3) is 0.500. The zero-order valence-electron chi connectivity index (χ0n) is 11.0. The highest BCUT2D eigenvalue weighted by molar-refractivity contribution is 9.10. The van der Waals surface area contributed by atoms with Crippen molar-refractivity contribution < 1.29 is 0 Å². The third-order valence-electron chi connectivity index (χ3n) is 3.37. The topological polar surface area (TPSA) is 54.7 Å². The maximum absolute atomic E-state index is 5.64. The van der Waals surface area contributed by atoms with E-state index in [0.717, 1.165) is 47.1 Å².